The number of carbonyl (C=O) groups is 2. The lowest BCUT2D eigenvalue weighted by Gasteiger charge is -2.22. The number of nitrogens with one attached hydrogen (secondary N) is 2. The lowest BCUT2D eigenvalue weighted by molar-refractivity contribution is 0.0935. The number of benzene rings is 2. The molecule has 0 bridgehead atoms. The monoisotopic (exact) mass is 468 g/mol. The fourth-order valence-corrected chi connectivity index (χ4v) is 3.87. The zero-order valence-electron chi connectivity index (χ0n) is 18.9. The predicted octanol–water partition coefficient (Wildman–Crippen LogP) is 4.32. The first kappa shape index (κ1) is 24.2. The van der Waals surface area contributed by atoms with E-state index in [1.807, 2.05) is 37.3 Å². The molecule has 1 aromatic heterocycles. The Morgan fingerprint density at radius 2 is 1.82 bits per heavy atom. The molecule has 33 heavy (non-hydrogen) atoms. The van der Waals surface area contributed by atoms with E-state index in [9.17, 15) is 9.59 Å². The average molecular weight is 469 g/mol. The van der Waals surface area contributed by atoms with Gasteiger partial charge in [-0.3, -0.25) is 4.79 Å². The van der Waals surface area contributed by atoms with Gasteiger partial charge in [-0.2, -0.15) is 0 Å². The molecule has 174 valence electrons. The van der Waals surface area contributed by atoms with Crippen molar-refractivity contribution in [2.75, 3.05) is 32.7 Å². The third-order valence-corrected chi connectivity index (χ3v) is 5.79. The molecule has 0 aliphatic carbocycles. The van der Waals surface area contributed by atoms with Crippen LogP contribution in [0.25, 0.3) is 0 Å². The normalized spacial score (nSPS) is 11.5. The summed E-state index contributed by atoms with van der Waals surface area (Å²) in [5, 5.41) is 8.20. The van der Waals surface area contributed by atoms with E-state index in [4.69, 9.17) is 9.47 Å². The Labute approximate surface area is 197 Å². The second-order valence-electron chi connectivity index (χ2n) is 7.31. The minimum absolute atomic E-state index is 0.141. The van der Waals surface area contributed by atoms with Gasteiger partial charge in [-0.05, 0) is 36.8 Å². The number of anilines is 1. The molecule has 3 rings (SSSR count). The zero-order chi connectivity index (χ0) is 23.6. The number of ether oxygens (including phenoxy) is 2. The maximum Gasteiger partial charge on any atom is 0.322 e. The second kappa shape index (κ2) is 12.0. The van der Waals surface area contributed by atoms with Crippen molar-refractivity contribution in [2.45, 2.75) is 19.5 Å². The molecule has 1 atom stereocenters. The number of thiazole rings is 1. The van der Waals surface area contributed by atoms with Gasteiger partial charge >= 0.3 is 6.03 Å². The van der Waals surface area contributed by atoms with Crippen LogP contribution >= 0.6 is 11.3 Å². The molecule has 3 aromatic rings. The van der Waals surface area contributed by atoms with Crippen molar-refractivity contribution in [3.05, 3.63) is 76.2 Å². The molecule has 1 heterocycles. The summed E-state index contributed by atoms with van der Waals surface area (Å²) >= 11 is 1.34. The smallest absolute Gasteiger partial charge is 0.322 e. The number of nitrogens with zero attached hydrogens (tertiary/aromatic N) is 2. The minimum atomic E-state index is -0.281. The van der Waals surface area contributed by atoms with E-state index in [1.165, 1.54) is 11.3 Å². The van der Waals surface area contributed by atoms with Crippen molar-refractivity contribution in [1.29, 1.82) is 0 Å². The predicted molar refractivity (Wildman–Crippen MR) is 129 cm³/mol. The Balaban J connectivity index is 1.63. The molecular formula is C24H28N4O4S. The highest BCUT2D eigenvalue weighted by Crippen LogP contribution is 2.18. The van der Waals surface area contributed by atoms with Crippen LogP contribution in [0.5, 0.6) is 5.75 Å². The van der Waals surface area contributed by atoms with Crippen LogP contribution in [-0.4, -0.2) is 49.2 Å². The molecular weight excluding hydrogens is 440 g/mol. The summed E-state index contributed by atoms with van der Waals surface area (Å²) in [5.74, 6) is 0.458. The number of aromatic nitrogens is 1. The zero-order valence-corrected chi connectivity index (χ0v) is 19.7. The van der Waals surface area contributed by atoms with Crippen molar-refractivity contribution < 1.29 is 19.1 Å². The number of urea groups is 1. The third-order valence-electron chi connectivity index (χ3n) is 4.95. The highest BCUT2D eigenvalue weighted by molar-refractivity contribution is 7.09. The number of rotatable bonds is 10. The summed E-state index contributed by atoms with van der Waals surface area (Å²) in [4.78, 5) is 31.5. The van der Waals surface area contributed by atoms with Crippen molar-refractivity contribution in [3.63, 3.8) is 0 Å². The lowest BCUT2D eigenvalue weighted by Crippen LogP contribution is -2.36. The molecule has 0 fully saturated rings. The van der Waals surface area contributed by atoms with Crippen molar-refractivity contribution in [1.82, 2.24) is 15.2 Å². The Bertz CT molecular complexity index is 1040. The molecule has 0 saturated heterocycles. The third kappa shape index (κ3) is 7.03. The summed E-state index contributed by atoms with van der Waals surface area (Å²) in [6.07, 6.45) is 0. The molecule has 2 N–H and O–H groups in total. The fraction of sp³-hybridized carbons (Fsp3) is 0.292. The average Bonchev–Trinajstić information content (AvgIpc) is 3.31. The molecule has 8 nitrogen and oxygen atoms in total. The molecule has 0 aliphatic rings. The standard InChI is InChI=1S/C24H28N4O4S/c1-17(18-7-5-4-6-8-18)25-23(29)21-16-33-22(27-21)15-28(13-14-31-2)24(30)26-19-9-11-20(32-3)12-10-19/h4-12,16-17H,13-15H2,1-3H3,(H,25,29)(H,26,30). The largest absolute Gasteiger partial charge is 0.497 e. The van der Waals surface area contributed by atoms with E-state index >= 15 is 0 Å². The van der Waals surface area contributed by atoms with Crippen LogP contribution < -0.4 is 15.4 Å². The maximum atomic E-state index is 12.8. The molecule has 2 aromatic carbocycles. The van der Waals surface area contributed by atoms with Crippen LogP contribution in [0.2, 0.25) is 0 Å². The van der Waals surface area contributed by atoms with Crippen molar-refractivity contribution in [2.24, 2.45) is 0 Å². The molecule has 1 unspecified atom stereocenters. The Morgan fingerprint density at radius 3 is 2.48 bits per heavy atom. The van der Waals surface area contributed by atoms with Crippen LogP contribution in [0, 0.1) is 0 Å². The maximum absolute atomic E-state index is 12.8. The van der Waals surface area contributed by atoms with Gasteiger partial charge in [0.05, 0.1) is 26.3 Å². The summed E-state index contributed by atoms with van der Waals surface area (Å²) < 4.78 is 10.3. The Hall–Kier alpha value is -3.43. The van der Waals surface area contributed by atoms with Crippen LogP contribution in [0.3, 0.4) is 0 Å². The SMILES string of the molecule is COCCN(Cc1nc(C(=O)NC(C)c2ccccc2)cs1)C(=O)Nc1ccc(OC)cc1. The van der Waals surface area contributed by atoms with E-state index in [-0.39, 0.29) is 24.5 Å². The lowest BCUT2D eigenvalue weighted by atomic mass is 10.1. The van der Waals surface area contributed by atoms with Gasteiger partial charge in [0.15, 0.2) is 0 Å². The molecule has 0 radical (unpaired) electrons. The van der Waals surface area contributed by atoms with Crippen molar-refractivity contribution >= 4 is 29.0 Å². The van der Waals surface area contributed by atoms with Gasteiger partial charge in [-0.25, -0.2) is 9.78 Å². The van der Waals surface area contributed by atoms with Crippen LogP contribution in [0.4, 0.5) is 10.5 Å². The minimum Gasteiger partial charge on any atom is -0.497 e. The highest BCUT2D eigenvalue weighted by Gasteiger charge is 2.19. The van der Waals surface area contributed by atoms with E-state index in [1.54, 1.807) is 48.8 Å². The Kier molecular flexibility index (Phi) is 8.79. The molecule has 3 amide bonds. The fourth-order valence-electron chi connectivity index (χ4n) is 3.08. The second-order valence-corrected chi connectivity index (χ2v) is 8.25. The highest BCUT2D eigenvalue weighted by atomic mass is 32.1. The van der Waals surface area contributed by atoms with Gasteiger partial charge in [0, 0.05) is 24.7 Å². The quantitative estimate of drug-likeness (QED) is 0.462. The van der Waals surface area contributed by atoms with Gasteiger partial charge in [0.1, 0.15) is 16.5 Å². The van der Waals surface area contributed by atoms with Gasteiger partial charge in [0.25, 0.3) is 5.91 Å². The van der Waals surface area contributed by atoms with Gasteiger partial charge in [-0.15, -0.1) is 11.3 Å². The van der Waals surface area contributed by atoms with Gasteiger partial charge in [0.2, 0.25) is 0 Å². The molecule has 9 heteroatoms. The van der Waals surface area contributed by atoms with E-state index in [2.05, 4.69) is 15.6 Å². The van der Waals surface area contributed by atoms with Crippen molar-refractivity contribution in [3.8, 4) is 5.75 Å². The van der Waals surface area contributed by atoms with Gasteiger partial charge < -0.3 is 25.0 Å². The van der Waals surface area contributed by atoms with Crippen LogP contribution in [0.1, 0.15) is 34.0 Å². The first-order valence-corrected chi connectivity index (χ1v) is 11.4. The summed E-state index contributed by atoms with van der Waals surface area (Å²) in [6.45, 7) is 2.95. The van der Waals surface area contributed by atoms with Crippen LogP contribution in [0.15, 0.2) is 60.0 Å². The molecule has 0 aliphatic heterocycles. The Morgan fingerprint density at radius 1 is 1.09 bits per heavy atom. The number of amides is 3. The first-order valence-electron chi connectivity index (χ1n) is 10.5. The number of hydrogen-bond donors (Lipinski definition) is 2. The number of carbonyl (C=O) groups excluding carboxylic acids is 2. The summed E-state index contributed by atoms with van der Waals surface area (Å²) in [7, 11) is 3.17. The van der Waals surface area contributed by atoms with Gasteiger partial charge in [-0.1, -0.05) is 30.3 Å². The van der Waals surface area contributed by atoms with E-state index < -0.39 is 0 Å². The topological polar surface area (TPSA) is 92.8 Å². The van der Waals surface area contributed by atoms with Crippen LogP contribution in [-0.2, 0) is 11.3 Å². The molecule has 0 saturated carbocycles. The number of methoxy groups -OCH3 is 2. The molecule has 0 spiro atoms. The number of hydrogen-bond acceptors (Lipinski definition) is 6. The summed E-state index contributed by atoms with van der Waals surface area (Å²) in [5.41, 5.74) is 2.00. The first-order chi connectivity index (χ1) is 16.0. The van der Waals surface area contributed by atoms with E-state index in [0.29, 0.717) is 35.3 Å². The van der Waals surface area contributed by atoms with E-state index in [0.717, 1.165) is 5.56 Å². The summed E-state index contributed by atoms with van der Waals surface area (Å²) in [6, 6.07) is 16.4.